The summed E-state index contributed by atoms with van der Waals surface area (Å²) in [6, 6.07) is 4.59. The molecule has 3 rings (SSSR count). The minimum atomic E-state index is -1.66. The van der Waals surface area contributed by atoms with E-state index in [0.717, 1.165) is 5.56 Å². The first-order valence-electron chi connectivity index (χ1n) is 9.80. The molecule has 11 nitrogen and oxygen atoms in total. The predicted octanol–water partition coefficient (Wildman–Crippen LogP) is -2.24. The molecule has 0 bridgehead atoms. The van der Waals surface area contributed by atoms with Crippen molar-refractivity contribution in [3.8, 4) is 11.5 Å². The number of aliphatic hydroxyl groups is 6. The number of phenols is 1. The highest BCUT2D eigenvalue weighted by molar-refractivity contribution is 5.42. The summed E-state index contributed by atoms with van der Waals surface area (Å²) in [5.41, 5.74) is 0.776. The molecule has 0 radical (unpaired) electrons. The summed E-state index contributed by atoms with van der Waals surface area (Å²) in [7, 11) is 0. The predicted molar refractivity (Wildman–Crippen MR) is 103 cm³/mol. The molecule has 11 heteroatoms. The van der Waals surface area contributed by atoms with Crippen molar-refractivity contribution in [2.75, 3.05) is 13.2 Å². The van der Waals surface area contributed by atoms with Crippen LogP contribution in [0.5, 0.6) is 11.5 Å². The van der Waals surface area contributed by atoms with Crippen molar-refractivity contribution in [2.24, 2.45) is 0 Å². The number of aromatic hydroxyl groups is 1. The normalized spacial score (nSPS) is 38.2. The van der Waals surface area contributed by atoms with E-state index in [9.17, 15) is 30.6 Å². The van der Waals surface area contributed by atoms with Gasteiger partial charge in [-0.1, -0.05) is 12.1 Å². The average molecular weight is 444 g/mol. The van der Waals surface area contributed by atoms with Gasteiger partial charge in [0, 0.05) is 0 Å². The Hall–Kier alpha value is -1.80. The van der Waals surface area contributed by atoms with E-state index >= 15 is 0 Å². The summed E-state index contributed by atoms with van der Waals surface area (Å²) in [5, 5.41) is 69.5. The minimum absolute atomic E-state index is 0.00452. The summed E-state index contributed by atoms with van der Waals surface area (Å²) in [6.45, 7) is 2.70. The maximum absolute atomic E-state index is 10.2. The van der Waals surface area contributed by atoms with Crippen LogP contribution >= 0.6 is 0 Å². The number of aliphatic hydroxyl groups excluding tert-OH is 6. The molecule has 1 aromatic carbocycles. The lowest BCUT2D eigenvalue weighted by molar-refractivity contribution is -0.290. The van der Waals surface area contributed by atoms with Crippen molar-refractivity contribution in [3.05, 3.63) is 36.4 Å². The molecule has 2 aliphatic heterocycles. The van der Waals surface area contributed by atoms with Gasteiger partial charge >= 0.3 is 0 Å². The van der Waals surface area contributed by atoms with E-state index in [2.05, 4.69) is 6.58 Å². The average Bonchev–Trinajstić information content (AvgIpc) is 3.03. The van der Waals surface area contributed by atoms with Gasteiger partial charge in [0.1, 0.15) is 42.7 Å². The van der Waals surface area contributed by atoms with Gasteiger partial charge in [-0.3, -0.25) is 0 Å². The Morgan fingerprint density at radius 3 is 2.19 bits per heavy atom. The van der Waals surface area contributed by atoms with E-state index < -0.39 is 68.5 Å². The van der Waals surface area contributed by atoms with Gasteiger partial charge in [0.15, 0.2) is 17.8 Å². The largest absolute Gasteiger partial charge is 0.504 e. The van der Waals surface area contributed by atoms with Crippen LogP contribution in [0.3, 0.4) is 0 Å². The summed E-state index contributed by atoms with van der Waals surface area (Å²) in [4.78, 5) is 0. The van der Waals surface area contributed by atoms with Gasteiger partial charge in [-0.15, -0.1) is 6.58 Å². The molecule has 9 atom stereocenters. The van der Waals surface area contributed by atoms with Crippen molar-refractivity contribution in [2.45, 2.75) is 61.7 Å². The molecule has 2 fully saturated rings. The monoisotopic (exact) mass is 444 g/mol. The van der Waals surface area contributed by atoms with Gasteiger partial charge in [0.2, 0.25) is 6.29 Å². The van der Waals surface area contributed by atoms with Crippen molar-refractivity contribution < 1.29 is 54.7 Å². The second-order valence-corrected chi connectivity index (χ2v) is 7.47. The third kappa shape index (κ3) is 5.17. The second-order valence-electron chi connectivity index (χ2n) is 7.47. The fourth-order valence-corrected chi connectivity index (χ4v) is 3.42. The van der Waals surface area contributed by atoms with E-state index in [1.165, 1.54) is 12.1 Å². The Morgan fingerprint density at radius 2 is 1.55 bits per heavy atom. The van der Waals surface area contributed by atoms with Crippen LogP contribution in [0.25, 0.3) is 0 Å². The fourth-order valence-electron chi connectivity index (χ4n) is 3.42. The number of hydrogen-bond donors (Lipinski definition) is 7. The van der Waals surface area contributed by atoms with E-state index in [0.29, 0.717) is 6.42 Å². The molecule has 2 aliphatic rings. The maximum Gasteiger partial charge on any atom is 0.229 e. The molecule has 0 spiro atoms. The lowest BCUT2D eigenvalue weighted by Gasteiger charge is -2.40. The molecule has 0 aromatic heterocycles. The van der Waals surface area contributed by atoms with Gasteiger partial charge in [-0.25, -0.2) is 0 Å². The Balaban J connectivity index is 1.67. The summed E-state index contributed by atoms with van der Waals surface area (Å²) < 4.78 is 21.6. The zero-order valence-electron chi connectivity index (χ0n) is 16.6. The molecule has 174 valence electrons. The first kappa shape index (κ1) is 23.9. The third-order valence-electron chi connectivity index (χ3n) is 5.24. The molecule has 7 N–H and O–H groups in total. The Labute approximate surface area is 178 Å². The lowest BCUT2D eigenvalue weighted by Crippen LogP contribution is -2.60. The van der Waals surface area contributed by atoms with Crippen LogP contribution in [-0.4, -0.2) is 104 Å². The quantitative estimate of drug-likeness (QED) is 0.216. The molecule has 0 saturated carbocycles. The Morgan fingerprint density at radius 1 is 0.903 bits per heavy atom. The standard InChI is InChI=1S/C20H28O11/c1-2-3-9-4-5-10(22)11(6-9)29-20-18(27)16(25)15(24)13(31-20)8-28-19-17(26)14(23)12(7-21)30-19/h2,4-6,12-27H,1,3,7-8H2/t12-,13+,14-,15+,16-,17+,18+,19+,20+/m0/s1. The number of ether oxygens (including phenoxy) is 4. The highest BCUT2D eigenvalue weighted by atomic mass is 16.7. The van der Waals surface area contributed by atoms with Crippen molar-refractivity contribution in [1.82, 2.24) is 0 Å². The number of phenolic OH excluding ortho intramolecular Hbond substituents is 1. The van der Waals surface area contributed by atoms with E-state index in [1.807, 2.05) is 0 Å². The zero-order valence-corrected chi connectivity index (χ0v) is 16.6. The van der Waals surface area contributed by atoms with E-state index in [4.69, 9.17) is 24.1 Å². The summed E-state index contributed by atoms with van der Waals surface area (Å²) in [5.74, 6) is -0.223. The topological polar surface area (TPSA) is 179 Å². The van der Waals surface area contributed by atoms with Crippen LogP contribution in [0, 0.1) is 0 Å². The lowest BCUT2D eigenvalue weighted by atomic mass is 9.99. The zero-order chi connectivity index (χ0) is 22.7. The molecular formula is C20H28O11. The van der Waals surface area contributed by atoms with Crippen LogP contribution in [-0.2, 0) is 20.6 Å². The second kappa shape index (κ2) is 10.2. The highest BCUT2D eigenvalue weighted by Crippen LogP contribution is 2.32. The molecule has 0 aliphatic carbocycles. The number of benzene rings is 1. The molecule has 0 amide bonds. The molecule has 2 saturated heterocycles. The highest BCUT2D eigenvalue weighted by Gasteiger charge is 2.47. The van der Waals surface area contributed by atoms with E-state index in [-0.39, 0.29) is 11.5 Å². The van der Waals surface area contributed by atoms with Gasteiger partial charge in [-0.05, 0) is 24.1 Å². The van der Waals surface area contributed by atoms with Crippen molar-refractivity contribution >= 4 is 0 Å². The summed E-state index contributed by atoms with van der Waals surface area (Å²) in [6.07, 6.45) is -10.5. The molecule has 2 heterocycles. The van der Waals surface area contributed by atoms with Crippen LogP contribution in [0.2, 0.25) is 0 Å². The van der Waals surface area contributed by atoms with Gasteiger partial charge < -0.3 is 54.7 Å². The molecule has 1 aromatic rings. The van der Waals surface area contributed by atoms with Crippen LogP contribution in [0.4, 0.5) is 0 Å². The summed E-state index contributed by atoms with van der Waals surface area (Å²) >= 11 is 0. The number of rotatable bonds is 8. The van der Waals surface area contributed by atoms with Crippen molar-refractivity contribution in [1.29, 1.82) is 0 Å². The number of allylic oxidation sites excluding steroid dienone is 1. The first-order valence-corrected chi connectivity index (χ1v) is 9.80. The van der Waals surface area contributed by atoms with Gasteiger partial charge in [-0.2, -0.15) is 0 Å². The Kier molecular flexibility index (Phi) is 7.86. The fraction of sp³-hybridized carbons (Fsp3) is 0.600. The molecule has 0 unspecified atom stereocenters. The van der Waals surface area contributed by atoms with Crippen molar-refractivity contribution in [3.63, 3.8) is 0 Å². The van der Waals surface area contributed by atoms with Crippen LogP contribution < -0.4 is 4.74 Å². The van der Waals surface area contributed by atoms with Crippen LogP contribution in [0.15, 0.2) is 30.9 Å². The number of hydrogen-bond acceptors (Lipinski definition) is 11. The van der Waals surface area contributed by atoms with Gasteiger partial charge in [0.05, 0.1) is 13.2 Å². The van der Waals surface area contributed by atoms with Crippen LogP contribution in [0.1, 0.15) is 5.56 Å². The van der Waals surface area contributed by atoms with Gasteiger partial charge in [0.25, 0.3) is 0 Å². The Bertz CT molecular complexity index is 744. The third-order valence-corrected chi connectivity index (χ3v) is 5.24. The van der Waals surface area contributed by atoms with E-state index in [1.54, 1.807) is 12.1 Å². The molecule has 31 heavy (non-hydrogen) atoms. The molecular weight excluding hydrogens is 416 g/mol. The first-order chi connectivity index (χ1) is 14.8. The maximum atomic E-state index is 10.2. The SMILES string of the molecule is C=CCc1ccc(O)c(O[C@@H]2O[C@H](CO[C@@H]3O[C@@H](CO)[C@H](O)[C@H]3O)[C@@H](O)[C@H](O)[C@H]2O)c1. The smallest absolute Gasteiger partial charge is 0.229 e. The minimum Gasteiger partial charge on any atom is -0.504 e.